The summed E-state index contributed by atoms with van der Waals surface area (Å²) in [6, 6.07) is 0.623. The Labute approximate surface area is 91.2 Å². The Kier molecular flexibility index (Phi) is 4.27. The second-order valence-electron chi connectivity index (χ2n) is 4.41. The fraction of sp³-hybridized carbons (Fsp3) is 0.818. The van der Waals surface area contributed by atoms with E-state index in [1.165, 1.54) is 0 Å². The number of carbonyl (C=O) groups is 2. The molecular formula is C11H20N2O2. The SMILES string of the molecule is CC1CN(C(C)C)C(=O)CN1CCC=O. The first-order valence-corrected chi connectivity index (χ1v) is 5.53. The lowest BCUT2D eigenvalue weighted by Crippen LogP contribution is -2.57. The van der Waals surface area contributed by atoms with E-state index in [1.807, 2.05) is 18.7 Å². The summed E-state index contributed by atoms with van der Waals surface area (Å²) >= 11 is 0. The van der Waals surface area contributed by atoms with Crippen molar-refractivity contribution < 1.29 is 9.59 Å². The third-order valence-corrected chi connectivity index (χ3v) is 2.90. The van der Waals surface area contributed by atoms with E-state index in [2.05, 4.69) is 11.8 Å². The van der Waals surface area contributed by atoms with Gasteiger partial charge in [-0.3, -0.25) is 9.69 Å². The Morgan fingerprint density at radius 3 is 2.73 bits per heavy atom. The first-order chi connectivity index (χ1) is 7.06. The van der Waals surface area contributed by atoms with E-state index in [1.54, 1.807) is 0 Å². The van der Waals surface area contributed by atoms with Crippen molar-refractivity contribution in [1.29, 1.82) is 0 Å². The third kappa shape index (κ3) is 3.02. The summed E-state index contributed by atoms with van der Waals surface area (Å²) in [6.45, 7) is 8.09. The number of amides is 1. The Morgan fingerprint density at radius 2 is 2.20 bits per heavy atom. The standard InChI is InChI=1S/C11H20N2O2/c1-9(2)13-7-10(3)12(5-4-6-14)8-11(13)15/h6,9-10H,4-5,7-8H2,1-3H3. The van der Waals surface area contributed by atoms with E-state index >= 15 is 0 Å². The van der Waals surface area contributed by atoms with Gasteiger partial charge >= 0.3 is 0 Å². The normalized spacial score (nSPS) is 23.6. The molecule has 1 unspecified atom stereocenters. The van der Waals surface area contributed by atoms with Crippen LogP contribution in [0.15, 0.2) is 0 Å². The van der Waals surface area contributed by atoms with Crippen molar-refractivity contribution in [2.45, 2.75) is 39.3 Å². The highest BCUT2D eigenvalue weighted by Crippen LogP contribution is 2.13. The van der Waals surface area contributed by atoms with Crippen LogP contribution in [0, 0.1) is 0 Å². The molecule has 15 heavy (non-hydrogen) atoms. The van der Waals surface area contributed by atoms with Gasteiger partial charge in [-0.25, -0.2) is 0 Å². The van der Waals surface area contributed by atoms with Crippen LogP contribution in [-0.2, 0) is 9.59 Å². The van der Waals surface area contributed by atoms with Crippen LogP contribution >= 0.6 is 0 Å². The van der Waals surface area contributed by atoms with Gasteiger partial charge in [-0.2, -0.15) is 0 Å². The number of rotatable bonds is 4. The molecule has 1 saturated heterocycles. The van der Waals surface area contributed by atoms with E-state index in [4.69, 9.17) is 0 Å². The first-order valence-electron chi connectivity index (χ1n) is 5.53. The van der Waals surface area contributed by atoms with E-state index < -0.39 is 0 Å². The molecule has 0 radical (unpaired) electrons. The molecule has 0 aromatic carbocycles. The average Bonchev–Trinajstić information content (AvgIpc) is 2.18. The van der Waals surface area contributed by atoms with Crippen molar-refractivity contribution >= 4 is 12.2 Å². The van der Waals surface area contributed by atoms with Crippen LogP contribution < -0.4 is 0 Å². The molecule has 1 aliphatic heterocycles. The monoisotopic (exact) mass is 212 g/mol. The zero-order valence-electron chi connectivity index (χ0n) is 9.77. The summed E-state index contributed by atoms with van der Waals surface area (Å²) in [4.78, 5) is 26.0. The molecule has 0 aliphatic carbocycles. The molecule has 0 aromatic heterocycles. The Hall–Kier alpha value is -0.900. The number of piperazine rings is 1. The lowest BCUT2D eigenvalue weighted by molar-refractivity contribution is -0.140. The van der Waals surface area contributed by atoms with Crippen LogP contribution in [0.25, 0.3) is 0 Å². The van der Waals surface area contributed by atoms with Crippen LogP contribution in [0.1, 0.15) is 27.2 Å². The number of hydrogen-bond donors (Lipinski definition) is 0. The molecule has 0 spiro atoms. The number of aldehydes is 1. The van der Waals surface area contributed by atoms with Crippen molar-refractivity contribution in [2.24, 2.45) is 0 Å². The third-order valence-electron chi connectivity index (χ3n) is 2.90. The lowest BCUT2D eigenvalue weighted by Gasteiger charge is -2.41. The summed E-state index contributed by atoms with van der Waals surface area (Å²) in [6.07, 6.45) is 1.42. The second-order valence-corrected chi connectivity index (χ2v) is 4.41. The van der Waals surface area contributed by atoms with Crippen LogP contribution in [-0.4, -0.2) is 53.7 Å². The van der Waals surface area contributed by atoms with Crippen LogP contribution in [0.2, 0.25) is 0 Å². The van der Waals surface area contributed by atoms with Crippen LogP contribution in [0.5, 0.6) is 0 Å². The minimum Gasteiger partial charge on any atom is -0.338 e. The molecular weight excluding hydrogens is 192 g/mol. The molecule has 4 nitrogen and oxygen atoms in total. The van der Waals surface area contributed by atoms with E-state index in [-0.39, 0.29) is 11.9 Å². The zero-order chi connectivity index (χ0) is 11.4. The van der Waals surface area contributed by atoms with Gasteiger partial charge in [-0.1, -0.05) is 0 Å². The molecule has 1 rings (SSSR count). The molecule has 86 valence electrons. The Bertz CT molecular complexity index is 241. The molecule has 1 fully saturated rings. The second kappa shape index (κ2) is 5.26. The smallest absolute Gasteiger partial charge is 0.237 e. The highest BCUT2D eigenvalue weighted by molar-refractivity contribution is 5.79. The summed E-state index contributed by atoms with van der Waals surface area (Å²) in [5.41, 5.74) is 0. The Morgan fingerprint density at radius 1 is 1.53 bits per heavy atom. The minimum atomic E-state index is 0.175. The predicted octanol–water partition coefficient (Wildman–Crippen LogP) is 0.516. The van der Waals surface area contributed by atoms with Crippen molar-refractivity contribution in [1.82, 2.24) is 9.80 Å². The number of carbonyl (C=O) groups excluding carboxylic acids is 2. The molecule has 0 N–H and O–H groups in total. The maximum atomic E-state index is 11.8. The maximum Gasteiger partial charge on any atom is 0.237 e. The molecule has 4 heteroatoms. The fourth-order valence-corrected chi connectivity index (χ4v) is 1.94. The highest BCUT2D eigenvalue weighted by atomic mass is 16.2. The molecule has 1 amide bonds. The van der Waals surface area contributed by atoms with E-state index in [0.717, 1.165) is 12.8 Å². The molecule has 1 aliphatic rings. The minimum absolute atomic E-state index is 0.175. The van der Waals surface area contributed by atoms with Gasteiger partial charge in [0.15, 0.2) is 0 Å². The lowest BCUT2D eigenvalue weighted by atomic mass is 10.1. The van der Waals surface area contributed by atoms with Gasteiger partial charge in [0, 0.05) is 31.6 Å². The van der Waals surface area contributed by atoms with Crippen LogP contribution in [0.4, 0.5) is 0 Å². The van der Waals surface area contributed by atoms with Crippen molar-refractivity contribution in [2.75, 3.05) is 19.6 Å². The Balaban J connectivity index is 2.54. The summed E-state index contributed by atoms with van der Waals surface area (Å²) in [5, 5.41) is 0. The van der Waals surface area contributed by atoms with Gasteiger partial charge < -0.3 is 9.69 Å². The largest absolute Gasteiger partial charge is 0.338 e. The van der Waals surface area contributed by atoms with E-state index in [9.17, 15) is 9.59 Å². The maximum absolute atomic E-state index is 11.8. The molecule has 0 saturated carbocycles. The van der Waals surface area contributed by atoms with Crippen molar-refractivity contribution in [3.05, 3.63) is 0 Å². The quantitative estimate of drug-likeness (QED) is 0.638. The average molecular weight is 212 g/mol. The fourth-order valence-electron chi connectivity index (χ4n) is 1.94. The van der Waals surface area contributed by atoms with Gasteiger partial charge in [-0.05, 0) is 20.8 Å². The molecule has 1 heterocycles. The zero-order valence-corrected chi connectivity index (χ0v) is 9.77. The molecule has 0 aromatic rings. The van der Waals surface area contributed by atoms with Gasteiger partial charge in [-0.15, -0.1) is 0 Å². The predicted molar refractivity (Wildman–Crippen MR) is 58.6 cm³/mol. The summed E-state index contributed by atoms with van der Waals surface area (Å²) in [7, 11) is 0. The van der Waals surface area contributed by atoms with Crippen molar-refractivity contribution in [3.63, 3.8) is 0 Å². The molecule has 1 atom stereocenters. The van der Waals surface area contributed by atoms with Crippen molar-refractivity contribution in [3.8, 4) is 0 Å². The van der Waals surface area contributed by atoms with E-state index in [0.29, 0.717) is 25.6 Å². The topological polar surface area (TPSA) is 40.6 Å². The van der Waals surface area contributed by atoms with Gasteiger partial charge in [0.05, 0.1) is 6.54 Å². The summed E-state index contributed by atoms with van der Waals surface area (Å²) < 4.78 is 0. The number of nitrogens with zero attached hydrogens (tertiary/aromatic N) is 2. The summed E-state index contributed by atoms with van der Waals surface area (Å²) in [5.74, 6) is 0.175. The molecule has 0 bridgehead atoms. The van der Waals surface area contributed by atoms with Gasteiger partial charge in [0.25, 0.3) is 0 Å². The van der Waals surface area contributed by atoms with Crippen LogP contribution in [0.3, 0.4) is 0 Å². The van der Waals surface area contributed by atoms with Gasteiger partial charge in [0.1, 0.15) is 6.29 Å². The van der Waals surface area contributed by atoms with Gasteiger partial charge in [0.2, 0.25) is 5.91 Å². The highest BCUT2D eigenvalue weighted by Gasteiger charge is 2.29. The number of hydrogen-bond acceptors (Lipinski definition) is 3. The first kappa shape index (κ1) is 12.2.